The molecule has 0 unspecified atom stereocenters. The third-order valence-electron chi connectivity index (χ3n) is 2.93. The van der Waals surface area contributed by atoms with Crippen LogP contribution in [0.1, 0.15) is 16.0 Å². The molecule has 0 saturated carbocycles. The summed E-state index contributed by atoms with van der Waals surface area (Å²) in [6.07, 6.45) is 4.35. The minimum Gasteiger partial charge on any atom is -0.136 e. The van der Waals surface area contributed by atoms with E-state index in [-0.39, 0.29) is 0 Å². The topological polar surface area (TPSA) is 0 Å². The Bertz CT molecular complexity index is 690. The second kappa shape index (κ2) is 4.79. The van der Waals surface area contributed by atoms with Crippen LogP contribution in [0.15, 0.2) is 54.6 Å². The lowest BCUT2D eigenvalue weighted by molar-refractivity contribution is 1.52. The molecule has 0 amide bonds. The van der Waals surface area contributed by atoms with Crippen molar-refractivity contribution in [1.82, 2.24) is 0 Å². The van der Waals surface area contributed by atoms with Crippen LogP contribution >= 0.6 is 11.3 Å². The molecule has 0 spiro atoms. The Hall–Kier alpha value is -1.86. The molecule has 0 nitrogen and oxygen atoms in total. The number of thiophene rings is 1. The van der Waals surface area contributed by atoms with Gasteiger partial charge in [-0.25, -0.2) is 0 Å². The lowest BCUT2D eigenvalue weighted by Crippen LogP contribution is -1.67. The molecule has 0 bridgehead atoms. The summed E-state index contributed by atoms with van der Waals surface area (Å²) in [6, 6.07) is 19.3. The molecule has 0 aliphatic carbocycles. The molecule has 0 fully saturated rings. The van der Waals surface area contributed by atoms with Gasteiger partial charge in [-0.05, 0) is 41.6 Å². The van der Waals surface area contributed by atoms with Crippen LogP contribution in [0.4, 0.5) is 0 Å². The Labute approximate surface area is 111 Å². The molecule has 1 heteroatoms. The van der Waals surface area contributed by atoms with Crippen LogP contribution in [0, 0.1) is 6.92 Å². The van der Waals surface area contributed by atoms with E-state index in [9.17, 15) is 0 Å². The first-order chi connectivity index (χ1) is 8.81. The van der Waals surface area contributed by atoms with E-state index in [1.54, 1.807) is 0 Å². The molecule has 88 valence electrons. The van der Waals surface area contributed by atoms with Gasteiger partial charge in [0.25, 0.3) is 0 Å². The van der Waals surface area contributed by atoms with Crippen LogP contribution in [-0.4, -0.2) is 0 Å². The maximum Gasteiger partial charge on any atom is 0.0351 e. The van der Waals surface area contributed by atoms with E-state index in [1.807, 2.05) is 17.4 Å². The van der Waals surface area contributed by atoms with Gasteiger partial charge in [-0.3, -0.25) is 0 Å². The van der Waals surface area contributed by atoms with Crippen molar-refractivity contribution in [2.24, 2.45) is 0 Å². The Balaban J connectivity index is 1.93. The summed E-state index contributed by atoms with van der Waals surface area (Å²) in [6.45, 7) is 2.14. The number of hydrogen-bond donors (Lipinski definition) is 0. The lowest BCUT2D eigenvalue weighted by atomic mass is 10.2. The van der Waals surface area contributed by atoms with E-state index >= 15 is 0 Å². The van der Waals surface area contributed by atoms with Crippen LogP contribution in [0.5, 0.6) is 0 Å². The van der Waals surface area contributed by atoms with Crippen molar-refractivity contribution in [2.75, 3.05) is 0 Å². The molecule has 18 heavy (non-hydrogen) atoms. The predicted molar refractivity (Wildman–Crippen MR) is 81.9 cm³/mol. The van der Waals surface area contributed by atoms with Gasteiger partial charge in [-0.15, -0.1) is 11.3 Å². The van der Waals surface area contributed by atoms with Crippen molar-refractivity contribution in [3.63, 3.8) is 0 Å². The number of hydrogen-bond acceptors (Lipinski definition) is 1. The maximum absolute atomic E-state index is 2.25. The fourth-order valence-corrected chi connectivity index (χ4v) is 3.05. The molecule has 1 heterocycles. The fourth-order valence-electron chi connectivity index (χ4n) is 1.98. The van der Waals surface area contributed by atoms with Gasteiger partial charge in [0.05, 0.1) is 0 Å². The van der Waals surface area contributed by atoms with E-state index in [4.69, 9.17) is 0 Å². The Kier molecular flexibility index (Phi) is 2.99. The maximum atomic E-state index is 2.25. The molecular weight excluding hydrogens is 236 g/mol. The molecule has 3 aromatic rings. The van der Waals surface area contributed by atoms with Gasteiger partial charge in [-0.2, -0.15) is 0 Å². The van der Waals surface area contributed by atoms with Crippen molar-refractivity contribution in [2.45, 2.75) is 6.92 Å². The zero-order valence-electron chi connectivity index (χ0n) is 10.3. The smallest absolute Gasteiger partial charge is 0.0351 e. The Morgan fingerprint density at radius 1 is 0.889 bits per heavy atom. The molecule has 0 atom stereocenters. The summed E-state index contributed by atoms with van der Waals surface area (Å²) in [5, 5.41) is 1.33. The lowest BCUT2D eigenvalue weighted by Gasteiger charge is -1.90. The normalized spacial score (nSPS) is 11.4. The first-order valence-electron chi connectivity index (χ1n) is 6.04. The SMILES string of the molecule is Cc1ccc2cc(C=Cc3ccccc3)sc2c1. The van der Waals surface area contributed by atoms with Gasteiger partial charge in [-0.1, -0.05) is 48.5 Å². The summed E-state index contributed by atoms with van der Waals surface area (Å²) in [5.41, 5.74) is 2.56. The molecule has 1 aromatic heterocycles. The highest BCUT2D eigenvalue weighted by atomic mass is 32.1. The van der Waals surface area contributed by atoms with Gasteiger partial charge in [0.1, 0.15) is 0 Å². The van der Waals surface area contributed by atoms with E-state index in [0.29, 0.717) is 0 Å². The van der Waals surface area contributed by atoms with E-state index in [2.05, 4.69) is 67.6 Å². The zero-order valence-corrected chi connectivity index (χ0v) is 11.1. The van der Waals surface area contributed by atoms with Crippen molar-refractivity contribution in [3.8, 4) is 0 Å². The molecule has 2 aromatic carbocycles. The summed E-state index contributed by atoms with van der Waals surface area (Å²) < 4.78 is 1.36. The highest BCUT2D eigenvalue weighted by molar-refractivity contribution is 7.19. The number of rotatable bonds is 2. The quantitative estimate of drug-likeness (QED) is 0.572. The van der Waals surface area contributed by atoms with Crippen LogP contribution in [0.25, 0.3) is 22.2 Å². The standard InChI is InChI=1S/C17H14S/c1-13-7-9-15-12-16(18-17(15)11-13)10-8-14-5-3-2-4-6-14/h2-12H,1H3. The second-order valence-electron chi connectivity index (χ2n) is 4.43. The highest BCUT2D eigenvalue weighted by Gasteiger charge is 1.99. The van der Waals surface area contributed by atoms with Crippen LogP contribution in [0.2, 0.25) is 0 Å². The summed E-state index contributed by atoms with van der Waals surface area (Å²) in [4.78, 5) is 1.31. The van der Waals surface area contributed by atoms with Crippen LogP contribution in [0.3, 0.4) is 0 Å². The Morgan fingerprint density at radius 3 is 2.56 bits per heavy atom. The summed E-state index contributed by atoms with van der Waals surface area (Å²) in [5.74, 6) is 0. The molecule has 0 N–H and O–H groups in total. The number of benzene rings is 2. The summed E-state index contributed by atoms with van der Waals surface area (Å²) >= 11 is 1.84. The van der Waals surface area contributed by atoms with Crippen molar-refractivity contribution in [1.29, 1.82) is 0 Å². The minimum atomic E-state index is 1.24. The summed E-state index contributed by atoms with van der Waals surface area (Å²) in [7, 11) is 0. The van der Waals surface area contributed by atoms with Crippen molar-refractivity contribution in [3.05, 3.63) is 70.6 Å². The predicted octanol–water partition coefficient (Wildman–Crippen LogP) is 5.38. The van der Waals surface area contributed by atoms with Crippen molar-refractivity contribution < 1.29 is 0 Å². The Morgan fingerprint density at radius 2 is 1.72 bits per heavy atom. The first kappa shape index (κ1) is 11.2. The van der Waals surface area contributed by atoms with Gasteiger partial charge in [0, 0.05) is 9.58 Å². The third-order valence-corrected chi connectivity index (χ3v) is 4.00. The van der Waals surface area contributed by atoms with Crippen LogP contribution in [-0.2, 0) is 0 Å². The average molecular weight is 250 g/mol. The molecule has 0 radical (unpaired) electrons. The minimum absolute atomic E-state index is 1.24. The molecular formula is C17H14S. The largest absolute Gasteiger partial charge is 0.136 e. The molecule has 0 saturated heterocycles. The average Bonchev–Trinajstić information content (AvgIpc) is 2.79. The molecule has 3 rings (SSSR count). The fraction of sp³-hybridized carbons (Fsp3) is 0.0588. The zero-order chi connectivity index (χ0) is 12.4. The molecule has 0 aliphatic rings. The monoisotopic (exact) mass is 250 g/mol. The van der Waals surface area contributed by atoms with Crippen molar-refractivity contribution >= 4 is 33.6 Å². The van der Waals surface area contributed by atoms with Gasteiger partial charge in [0.15, 0.2) is 0 Å². The van der Waals surface area contributed by atoms with E-state index in [1.165, 1.54) is 26.1 Å². The number of aryl methyl sites for hydroxylation is 1. The van der Waals surface area contributed by atoms with Gasteiger partial charge < -0.3 is 0 Å². The highest BCUT2D eigenvalue weighted by Crippen LogP contribution is 2.27. The van der Waals surface area contributed by atoms with Crippen LogP contribution < -0.4 is 0 Å². The van der Waals surface area contributed by atoms with E-state index < -0.39 is 0 Å². The first-order valence-corrected chi connectivity index (χ1v) is 6.86. The van der Waals surface area contributed by atoms with Gasteiger partial charge in [0.2, 0.25) is 0 Å². The second-order valence-corrected chi connectivity index (χ2v) is 5.55. The number of fused-ring (bicyclic) bond motifs is 1. The van der Waals surface area contributed by atoms with E-state index in [0.717, 1.165) is 0 Å². The van der Waals surface area contributed by atoms with Gasteiger partial charge >= 0.3 is 0 Å². The third kappa shape index (κ3) is 2.36. The molecule has 0 aliphatic heterocycles.